The molecule has 0 aliphatic heterocycles. The molecule has 0 radical (unpaired) electrons. The van der Waals surface area contributed by atoms with Crippen LogP contribution in [-0.4, -0.2) is 24.2 Å². The van der Waals surface area contributed by atoms with Crippen LogP contribution in [0.1, 0.15) is 20.8 Å². The number of halogens is 1. The lowest BCUT2D eigenvalue weighted by Crippen LogP contribution is -2.30. The zero-order chi connectivity index (χ0) is 8.41. The van der Waals surface area contributed by atoms with Gasteiger partial charge in [0.1, 0.15) is 0 Å². The molecule has 2 nitrogen and oxygen atoms in total. The van der Waals surface area contributed by atoms with E-state index >= 15 is 0 Å². The van der Waals surface area contributed by atoms with Crippen LogP contribution in [0.2, 0.25) is 0 Å². The third-order valence-corrected chi connectivity index (χ3v) is 4.81. The van der Waals surface area contributed by atoms with Gasteiger partial charge in [-0.05, 0) is 20.8 Å². The van der Waals surface area contributed by atoms with Gasteiger partial charge in [-0.15, -0.1) is 0 Å². The highest BCUT2D eigenvalue weighted by Crippen LogP contribution is 2.15. The first kappa shape index (κ1) is 10.4. The molecular formula is C6H13BrO2S. The zero-order valence-electron chi connectivity index (χ0n) is 6.52. The van der Waals surface area contributed by atoms with Crippen molar-refractivity contribution in [1.82, 2.24) is 0 Å². The molecule has 0 aromatic carbocycles. The van der Waals surface area contributed by atoms with Crippen molar-refractivity contribution in [2.24, 2.45) is 0 Å². The van der Waals surface area contributed by atoms with Crippen LogP contribution in [0.15, 0.2) is 0 Å². The maximum absolute atomic E-state index is 11.2. The largest absolute Gasteiger partial charge is 0.228 e. The van der Waals surface area contributed by atoms with Crippen molar-refractivity contribution in [1.29, 1.82) is 0 Å². The Balaban J connectivity index is 4.44. The smallest absolute Gasteiger partial charge is 0.156 e. The third-order valence-electron chi connectivity index (χ3n) is 1.28. The van der Waals surface area contributed by atoms with Gasteiger partial charge in [0.05, 0.1) is 10.5 Å². The Labute approximate surface area is 71.1 Å². The van der Waals surface area contributed by atoms with E-state index in [1.165, 1.54) is 0 Å². The molecule has 0 aromatic rings. The van der Waals surface area contributed by atoms with E-state index in [1.807, 2.05) is 0 Å². The molecule has 0 spiro atoms. The van der Waals surface area contributed by atoms with Crippen molar-refractivity contribution in [2.75, 3.05) is 11.1 Å². The van der Waals surface area contributed by atoms with E-state index in [1.54, 1.807) is 20.8 Å². The lowest BCUT2D eigenvalue weighted by atomic mass is 10.3. The molecule has 0 aliphatic rings. The first-order valence-corrected chi connectivity index (χ1v) is 5.87. The summed E-state index contributed by atoms with van der Waals surface area (Å²) in [4.78, 5) is 0. The van der Waals surface area contributed by atoms with Gasteiger partial charge in [0.25, 0.3) is 0 Å². The molecule has 4 heteroatoms. The molecule has 10 heavy (non-hydrogen) atoms. The first-order valence-electron chi connectivity index (χ1n) is 3.09. The van der Waals surface area contributed by atoms with Gasteiger partial charge in [0.2, 0.25) is 0 Å². The summed E-state index contributed by atoms with van der Waals surface area (Å²) in [7, 11) is -2.89. The van der Waals surface area contributed by atoms with Gasteiger partial charge in [-0.3, -0.25) is 0 Å². The normalized spacial score (nSPS) is 13.6. The van der Waals surface area contributed by atoms with Crippen LogP contribution in [0.3, 0.4) is 0 Å². The second kappa shape index (κ2) is 3.22. The van der Waals surface area contributed by atoms with E-state index in [-0.39, 0.29) is 5.75 Å². The fraction of sp³-hybridized carbons (Fsp3) is 1.00. The highest BCUT2D eigenvalue weighted by atomic mass is 79.9. The van der Waals surface area contributed by atoms with Crippen LogP contribution < -0.4 is 0 Å². The third kappa shape index (κ3) is 2.58. The van der Waals surface area contributed by atoms with Crippen molar-refractivity contribution in [2.45, 2.75) is 25.5 Å². The van der Waals surface area contributed by atoms with E-state index in [0.717, 1.165) is 0 Å². The van der Waals surface area contributed by atoms with Crippen molar-refractivity contribution in [3.8, 4) is 0 Å². The second-order valence-electron chi connectivity index (χ2n) is 3.12. The van der Waals surface area contributed by atoms with E-state index in [4.69, 9.17) is 0 Å². The fourth-order valence-electron chi connectivity index (χ4n) is 0.408. The molecule has 0 atom stereocenters. The molecule has 0 saturated carbocycles. The van der Waals surface area contributed by atoms with E-state index in [2.05, 4.69) is 15.9 Å². The van der Waals surface area contributed by atoms with Gasteiger partial charge in [0.15, 0.2) is 9.84 Å². The Kier molecular flexibility index (Phi) is 3.36. The van der Waals surface area contributed by atoms with Crippen molar-refractivity contribution in [3.63, 3.8) is 0 Å². The molecular weight excluding hydrogens is 216 g/mol. The van der Waals surface area contributed by atoms with Crippen LogP contribution in [0.25, 0.3) is 0 Å². The van der Waals surface area contributed by atoms with Gasteiger partial charge in [0, 0.05) is 5.33 Å². The Bertz CT molecular complexity index is 188. The predicted molar refractivity (Wildman–Crippen MR) is 47.3 cm³/mol. The van der Waals surface area contributed by atoms with Crippen LogP contribution in [-0.2, 0) is 9.84 Å². The average Bonchev–Trinajstić information content (AvgIpc) is 1.61. The van der Waals surface area contributed by atoms with Crippen molar-refractivity contribution in [3.05, 3.63) is 0 Å². The molecule has 62 valence electrons. The SMILES string of the molecule is CC(C)(C)S(=O)(=O)CCBr. The number of hydrogen-bond acceptors (Lipinski definition) is 2. The Morgan fingerprint density at radius 2 is 1.70 bits per heavy atom. The summed E-state index contributed by atoms with van der Waals surface area (Å²) < 4.78 is 21.8. The maximum Gasteiger partial charge on any atom is 0.156 e. The van der Waals surface area contributed by atoms with Gasteiger partial charge < -0.3 is 0 Å². The lowest BCUT2D eigenvalue weighted by molar-refractivity contribution is 0.562. The summed E-state index contributed by atoms with van der Waals surface area (Å²) in [5, 5.41) is 0.520. The Hall–Kier alpha value is 0.430. The summed E-state index contributed by atoms with van der Waals surface area (Å²) in [6, 6.07) is 0. The van der Waals surface area contributed by atoms with Crippen molar-refractivity contribution >= 4 is 25.8 Å². The minimum absolute atomic E-state index is 0.219. The monoisotopic (exact) mass is 228 g/mol. The van der Waals surface area contributed by atoms with Gasteiger partial charge in [-0.2, -0.15) is 0 Å². The quantitative estimate of drug-likeness (QED) is 0.674. The first-order chi connectivity index (χ1) is 4.31. The maximum atomic E-state index is 11.2. The lowest BCUT2D eigenvalue weighted by Gasteiger charge is -2.17. The summed E-state index contributed by atoms with van der Waals surface area (Å²) in [5.41, 5.74) is 0. The van der Waals surface area contributed by atoms with Crippen LogP contribution >= 0.6 is 15.9 Å². The van der Waals surface area contributed by atoms with Crippen LogP contribution in [0.5, 0.6) is 0 Å². The molecule has 0 saturated heterocycles. The number of alkyl halides is 1. The Morgan fingerprint density at radius 3 is 1.80 bits per heavy atom. The Morgan fingerprint density at radius 1 is 1.30 bits per heavy atom. The molecule has 0 amide bonds. The zero-order valence-corrected chi connectivity index (χ0v) is 8.92. The topological polar surface area (TPSA) is 34.1 Å². The number of hydrogen-bond donors (Lipinski definition) is 0. The number of rotatable bonds is 2. The van der Waals surface area contributed by atoms with Gasteiger partial charge in [-0.25, -0.2) is 8.42 Å². The van der Waals surface area contributed by atoms with Crippen LogP contribution in [0, 0.1) is 0 Å². The van der Waals surface area contributed by atoms with Gasteiger partial charge in [-0.1, -0.05) is 15.9 Å². The molecule has 0 fully saturated rings. The molecule has 0 bridgehead atoms. The van der Waals surface area contributed by atoms with E-state index < -0.39 is 14.6 Å². The number of sulfone groups is 1. The fourth-order valence-corrected chi connectivity index (χ4v) is 2.50. The second-order valence-corrected chi connectivity index (χ2v) is 6.78. The minimum atomic E-state index is -2.89. The molecule has 0 aliphatic carbocycles. The highest BCUT2D eigenvalue weighted by Gasteiger charge is 2.27. The van der Waals surface area contributed by atoms with E-state index in [9.17, 15) is 8.42 Å². The summed E-state index contributed by atoms with van der Waals surface area (Å²) in [6.07, 6.45) is 0. The summed E-state index contributed by atoms with van der Waals surface area (Å²) >= 11 is 3.10. The molecule has 0 unspecified atom stereocenters. The van der Waals surface area contributed by atoms with Crippen molar-refractivity contribution < 1.29 is 8.42 Å². The summed E-state index contributed by atoms with van der Waals surface area (Å²) in [6.45, 7) is 5.14. The highest BCUT2D eigenvalue weighted by molar-refractivity contribution is 9.09. The predicted octanol–water partition coefficient (Wildman–Crippen LogP) is 1.59. The van der Waals surface area contributed by atoms with Crippen LogP contribution in [0.4, 0.5) is 0 Å². The average molecular weight is 229 g/mol. The summed E-state index contributed by atoms with van der Waals surface area (Å²) in [5.74, 6) is 0.219. The molecule has 0 rings (SSSR count). The molecule has 0 aromatic heterocycles. The minimum Gasteiger partial charge on any atom is -0.228 e. The van der Waals surface area contributed by atoms with Gasteiger partial charge >= 0.3 is 0 Å². The molecule has 0 N–H and O–H groups in total. The van der Waals surface area contributed by atoms with E-state index in [0.29, 0.717) is 5.33 Å². The standard InChI is InChI=1S/C6H13BrO2S/c1-6(2,3)10(8,9)5-4-7/h4-5H2,1-3H3. The molecule has 0 heterocycles.